The molecular weight excluding hydrogens is 189 g/mol. The Kier molecular flexibility index (Phi) is 11.7. The molecular formula is C3H6Cl3OP. The highest BCUT2D eigenvalue weighted by atomic mass is 36.0. The molecule has 0 unspecified atom stereocenters. The van der Waals surface area contributed by atoms with E-state index in [1.165, 1.54) is 13.8 Å². The Hall–Kier alpha value is 0.970. The van der Waals surface area contributed by atoms with Gasteiger partial charge < -0.3 is 4.79 Å². The van der Waals surface area contributed by atoms with Crippen LogP contribution in [0.25, 0.3) is 0 Å². The molecule has 0 aliphatic rings. The Labute approximate surface area is 64.4 Å². The van der Waals surface area contributed by atoms with Gasteiger partial charge in [0.2, 0.25) is 0 Å². The van der Waals surface area contributed by atoms with E-state index < -0.39 is 5.98 Å². The molecule has 50 valence electrons. The van der Waals surface area contributed by atoms with Crippen molar-refractivity contribution in [3.63, 3.8) is 0 Å². The summed E-state index contributed by atoms with van der Waals surface area (Å²) in [5, 5.41) is 0. The van der Waals surface area contributed by atoms with Crippen LogP contribution in [0.15, 0.2) is 0 Å². The van der Waals surface area contributed by atoms with Crippen molar-refractivity contribution < 1.29 is 4.79 Å². The number of carbonyl (C=O) groups is 1. The van der Waals surface area contributed by atoms with Crippen LogP contribution >= 0.6 is 39.7 Å². The Morgan fingerprint density at radius 3 is 1.25 bits per heavy atom. The van der Waals surface area contributed by atoms with Crippen molar-refractivity contribution in [2.75, 3.05) is 0 Å². The number of hydrogen-bond acceptors (Lipinski definition) is 1. The van der Waals surface area contributed by atoms with Crippen LogP contribution < -0.4 is 0 Å². The molecule has 0 aromatic carbocycles. The molecule has 0 atom stereocenters. The topological polar surface area (TPSA) is 17.1 Å². The van der Waals surface area contributed by atoms with Gasteiger partial charge in [0.15, 0.2) is 5.98 Å². The summed E-state index contributed by atoms with van der Waals surface area (Å²) in [6.07, 6.45) is 0. The maximum atomic E-state index is 9.44. The Balaban J connectivity index is 0. The van der Waals surface area contributed by atoms with E-state index in [0.717, 1.165) is 0 Å². The lowest BCUT2D eigenvalue weighted by atomic mass is 10.6. The van der Waals surface area contributed by atoms with Gasteiger partial charge in [-0.1, -0.05) is 33.7 Å². The summed E-state index contributed by atoms with van der Waals surface area (Å²) in [6, 6.07) is 0. The molecule has 8 heavy (non-hydrogen) atoms. The zero-order chi connectivity index (χ0) is 7.15. The second-order valence-corrected chi connectivity index (χ2v) is 6.08. The van der Waals surface area contributed by atoms with E-state index in [4.69, 9.17) is 33.7 Å². The minimum atomic E-state index is -1.20. The predicted octanol–water partition coefficient (Wildman–Crippen LogP) is 3.53. The summed E-state index contributed by atoms with van der Waals surface area (Å²) >= 11 is 14.6. The second kappa shape index (κ2) is 7.97. The number of rotatable bonds is 0. The average molecular weight is 195 g/mol. The van der Waals surface area contributed by atoms with Crippen LogP contribution in [0.5, 0.6) is 0 Å². The molecule has 0 heterocycles. The third-order valence-corrected chi connectivity index (χ3v) is 0. The zero-order valence-corrected chi connectivity index (χ0v) is 7.65. The van der Waals surface area contributed by atoms with E-state index in [1.807, 2.05) is 0 Å². The summed E-state index contributed by atoms with van der Waals surface area (Å²) in [7, 11) is 0. The van der Waals surface area contributed by atoms with E-state index in [-0.39, 0.29) is 5.78 Å². The lowest BCUT2D eigenvalue weighted by molar-refractivity contribution is -0.114. The molecule has 0 aromatic rings. The minimum absolute atomic E-state index is 0.167. The first-order chi connectivity index (χ1) is 3.46. The van der Waals surface area contributed by atoms with Crippen LogP contribution in [0, 0.1) is 0 Å². The van der Waals surface area contributed by atoms with Gasteiger partial charge in [0.05, 0.1) is 0 Å². The molecule has 0 amide bonds. The lowest BCUT2D eigenvalue weighted by Crippen LogP contribution is -1.69. The number of halogens is 3. The van der Waals surface area contributed by atoms with Gasteiger partial charge in [0.1, 0.15) is 5.78 Å². The van der Waals surface area contributed by atoms with E-state index >= 15 is 0 Å². The first-order valence-corrected chi connectivity index (χ1v) is 5.77. The summed E-state index contributed by atoms with van der Waals surface area (Å²) in [5.41, 5.74) is 0. The Morgan fingerprint density at radius 1 is 1.25 bits per heavy atom. The van der Waals surface area contributed by atoms with Crippen molar-refractivity contribution in [3.8, 4) is 0 Å². The second-order valence-electron chi connectivity index (χ2n) is 1.10. The van der Waals surface area contributed by atoms with Crippen molar-refractivity contribution in [1.29, 1.82) is 0 Å². The normalized spacial score (nSPS) is 7.75. The van der Waals surface area contributed by atoms with Crippen LogP contribution in [0.1, 0.15) is 13.8 Å². The van der Waals surface area contributed by atoms with Crippen LogP contribution in [-0.2, 0) is 4.79 Å². The maximum absolute atomic E-state index is 9.44. The van der Waals surface area contributed by atoms with Crippen molar-refractivity contribution in [1.82, 2.24) is 0 Å². The third kappa shape index (κ3) is 264. The zero-order valence-electron chi connectivity index (χ0n) is 4.49. The third-order valence-electron chi connectivity index (χ3n) is 0. The fraction of sp³-hybridized carbons (Fsp3) is 0.667. The monoisotopic (exact) mass is 194 g/mol. The van der Waals surface area contributed by atoms with Gasteiger partial charge in [-0.25, -0.2) is 0 Å². The van der Waals surface area contributed by atoms with Crippen LogP contribution in [0.2, 0.25) is 0 Å². The Bertz CT molecular complexity index is 58.8. The quantitative estimate of drug-likeness (QED) is 0.541. The van der Waals surface area contributed by atoms with Gasteiger partial charge in [0.25, 0.3) is 0 Å². The highest BCUT2D eigenvalue weighted by Gasteiger charge is 1.80. The number of carbonyl (C=O) groups excluding carboxylic acids is 1. The van der Waals surface area contributed by atoms with Gasteiger partial charge in [-0.05, 0) is 13.8 Å². The molecule has 0 bridgehead atoms. The molecule has 0 aliphatic heterocycles. The molecule has 0 N–H and O–H groups in total. The number of hydrogen-bond donors (Lipinski definition) is 0. The predicted molar refractivity (Wildman–Crippen MR) is 40.8 cm³/mol. The van der Waals surface area contributed by atoms with E-state index in [9.17, 15) is 4.79 Å². The van der Waals surface area contributed by atoms with Crippen molar-refractivity contribution >= 4 is 45.5 Å². The van der Waals surface area contributed by atoms with E-state index in [1.54, 1.807) is 0 Å². The van der Waals surface area contributed by atoms with Gasteiger partial charge in [-0.2, -0.15) is 0 Å². The van der Waals surface area contributed by atoms with Gasteiger partial charge in [-0.15, -0.1) is 0 Å². The smallest absolute Gasteiger partial charge is 0.179 e. The fourth-order valence-electron chi connectivity index (χ4n) is 0. The van der Waals surface area contributed by atoms with Gasteiger partial charge in [0, 0.05) is 0 Å². The van der Waals surface area contributed by atoms with Crippen LogP contribution in [-0.4, -0.2) is 5.78 Å². The lowest BCUT2D eigenvalue weighted by Gasteiger charge is -1.68. The Morgan fingerprint density at radius 2 is 1.25 bits per heavy atom. The molecule has 0 aliphatic carbocycles. The first-order valence-electron chi connectivity index (χ1n) is 1.71. The molecule has 5 heteroatoms. The molecule has 0 radical (unpaired) electrons. The summed E-state index contributed by atoms with van der Waals surface area (Å²) in [4.78, 5) is 9.44. The average Bonchev–Trinajstić information content (AvgIpc) is 1.25. The summed E-state index contributed by atoms with van der Waals surface area (Å²) < 4.78 is 0. The van der Waals surface area contributed by atoms with Crippen LogP contribution in [0.3, 0.4) is 0 Å². The molecule has 0 spiro atoms. The molecule has 0 saturated heterocycles. The number of Topliss-reactive ketones (excluding diaryl/α,β-unsaturated/α-hetero) is 1. The molecule has 0 saturated carbocycles. The minimum Gasteiger partial charge on any atom is -0.300 e. The van der Waals surface area contributed by atoms with Gasteiger partial charge >= 0.3 is 0 Å². The van der Waals surface area contributed by atoms with Crippen molar-refractivity contribution in [2.45, 2.75) is 13.8 Å². The van der Waals surface area contributed by atoms with Crippen LogP contribution in [0.4, 0.5) is 0 Å². The van der Waals surface area contributed by atoms with E-state index in [0.29, 0.717) is 0 Å². The standard InChI is InChI=1S/C3H6O.Cl3P/c1-3(2)4;1-4(2)3/h1-2H3;. The van der Waals surface area contributed by atoms with Crippen molar-refractivity contribution in [2.24, 2.45) is 0 Å². The fourth-order valence-corrected chi connectivity index (χ4v) is 0. The SMILES string of the molecule is CC(C)=O.ClP(Cl)Cl. The largest absolute Gasteiger partial charge is 0.300 e. The maximum Gasteiger partial charge on any atom is 0.179 e. The highest BCUT2D eigenvalue weighted by molar-refractivity contribution is 8.20. The highest BCUT2D eigenvalue weighted by Crippen LogP contribution is 2.51. The molecule has 1 nitrogen and oxygen atoms in total. The van der Waals surface area contributed by atoms with Gasteiger partial charge in [-0.3, -0.25) is 0 Å². The molecule has 0 fully saturated rings. The molecule has 0 aromatic heterocycles. The summed E-state index contributed by atoms with van der Waals surface area (Å²) in [6.45, 7) is 3.06. The summed E-state index contributed by atoms with van der Waals surface area (Å²) in [5.74, 6) is -1.04. The van der Waals surface area contributed by atoms with Crippen molar-refractivity contribution in [3.05, 3.63) is 0 Å². The number of ketones is 1. The van der Waals surface area contributed by atoms with E-state index in [2.05, 4.69) is 0 Å². The molecule has 0 rings (SSSR count). The first kappa shape index (κ1) is 11.7.